The molecule has 1 aromatic heterocycles. The number of anilines is 1. The molecule has 31 heavy (non-hydrogen) atoms. The SMILES string of the molecule is CCn1c(Cc2ccccc2)nnc1SCC(=O)/C=C1/N(C)c2ccccc2C1(C)C. The predicted molar refractivity (Wildman–Crippen MR) is 127 cm³/mol. The third kappa shape index (κ3) is 4.17. The topological polar surface area (TPSA) is 51.0 Å². The van der Waals surface area contributed by atoms with Crippen molar-refractivity contribution in [1.29, 1.82) is 0 Å². The number of carbonyl (C=O) groups is 1. The van der Waals surface area contributed by atoms with Gasteiger partial charge in [-0.3, -0.25) is 4.79 Å². The molecule has 4 rings (SSSR count). The van der Waals surface area contributed by atoms with Crippen molar-refractivity contribution >= 4 is 23.2 Å². The Morgan fingerprint density at radius 2 is 1.77 bits per heavy atom. The molecule has 0 aliphatic carbocycles. The number of hydrogen-bond acceptors (Lipinski definition) is 5. The highest BCUT2D eigenvalue weighted by Gasteiger charge is 2.38. The van der Waals surface area contributed by atoms with Crippen LogP contribution in [0.15, 0.2) is 71.5 Å². The van der Waals surface area contributed by atoms with E-state index in [1.54, 1.807) is 6.08 Å². The minimum absolute atomic E-state index is 0.0861. The number of allylic oxidation sites excluding steroid dienone is 2. The van der Waals surface area contributed by atoms with Gasteiger partial charge in [-0.05, 0) is 24.1 Å². The molecule has 0 radical (unpaired) electrons. The number of carbonyl (C=O) groups excluding carboxylic acids is 1. The summed E-state index contributed by atoms with van der Waals surface area (Å²) in [4.78, 5) is 15.0. The maximum atomic E-state index is 12.9. The minimum Gasteiger partial charge on any atom is -0.347 e. The molecule has 160 valence electrons. The van der Waals surface area contributed by atoms with Crippen molar-refractivity contribution in [3.63, 3.8) is 0 Å². The molecule has 1 aliphatic rings. The molecule has 5 nitrogen and oxygen atoms in total. The molecule has 3 aromatic rings. The van der Waals surface area contributed by atoms with E-state index in [0.717, 1.165) is 35.3 Å². The Kier molecular flexibility index (Phi) is 6.01. The van der Waals surface area contributed by atoms with Gasteiger partial charge >= 0.3 is 0 Å². The lowest BCUT2D eigenvalue weighted by atomic mass is 9.83. The molecule has 0 amide bonds. The van der Waals surface area contributed by atoms with Crippen molar-refractivity contribution in [2.45, 2.75) is 44.3 Å². The summed E-state index contributed by atoms with van der Waals surface area (Å²) in [6.45, 7) is 7.20. The van der Waals surface area contributed by atoms with Gasteiger partial charge < -0.3 is 9.47 Å². The van der Waals surface area contributed by atoms with Crippen molar-refractivity contribution in [2.75, 3.05) is 17.7 Å². The van der Waals surface area contributed by atoms with Crippen LogP contribution in [-0.4, -0.2) is 33.3 Å². The second-order valence-corrected chi connectivity index (χ2v) is 9.23. The number of aromatic nitrogens is 3. The summed E-state index contributed by atoms with van der Waals surface area (Å²) in [5.41, 5.74) is 4.45. The summed E-state index contributed by atoms with van der Waals surface area (Å²) in [5.74, 6) is 1.35. The second-order valence-electron chi connectivity index (χ2n) is 8.29. The van der Waals surface area contributed by atoms with Crippen molar-refractivity contribution in [2.24, 2.45) is 0 Å². The van der Waals surface area contributed by atoms with E-state index < -0.39 is 0 Å². The van der Waals surface area contributed by atoms with Crippen LogP contribution in [0.4, 0.5) is 5.69 Å². The van der Waals surface area contributed by atoms with Gasteiger partial charge in [-0.25, -0.2) is 0 Å². The molecule has 6 heteroatoms. The fourth-order valence-corrected chi connectivity index (χ4v) is 5.08. The van der Waals surface area contributed by atoms with Crippen LogP contribution in [0.2, 0.25) is 0 Å². The summed E-state index contributed by atoms with van der Waals surface area (Å²) in [6.07, 6.45) is 2.53. The number of ketones is 1. The first kappa shape index (κ1) is 21.4. The number of rotatable bonds is 7. The molecule has 0 N–H and O–H groups in total. The van der Waals surface area contributed by atoms with Gasteiger partial charge in [0.1, 0.15) is 5.82 Å². The molecule has 0 bridgehead atoms. The van der Waals surface area contributed by atoms with Crippen LogP contribution in [0.25, 0.3) is 0 Å². The van der Waals surface area contributed by atoms with E-state index in [1.807, 2.05) is 31.3 Å². The Labute approximate surface area is 188 Å². The largest absolute Gasteiger partial charge is 0.347 e. The normalized spacial score (nSPS) is 16.0. The van der Waals surface area contributed by atoms with Crippen molar-refractivity contribution in [1.82, 2.24) is 14.8 Å². The zero-order valence-corrected chi connectivity index (χ0v) is 19.3. The highest BCUT2D eigenvalue weighted by atomic mass is 32.2. The van der Waals surface area contributed by atoms with Crippen LogP contribution in [-0.2, 0) is 23.2 Å². The number of hydrogen-bond donors (Lipinski definition) is 0. The highest BCUT2D eigenvalue weighted by molar-refractivity contribution is 7.99. The summed E-state index contributed by atoms with van der Waals surface area (Å²) in [7, 11) is 2.03. The maximum absolute atomic E-state index is 12.9. The lowest BCUT2D eigenvalue weighted by Gasteiger charge is -2.23. The van der Waals surface area contributed by atoms with Gasteiger partial charge in [0.15, 0.2) is 10.9 Å². The first-order valence-electron chi connectivity index (χ1n) is 10.6. The van der Waals surface area contributed by atoms with Gasteiger partial charge in [-0.2, -0.15) is 0 Å². The molecular formula is C25H28N4OS. The first-order valence-corrected chi connectivity index (χ1v) is 11.6. The van der Waals surface area contributed by atoms with Gasteiger partial charge in [0.25, 0.3) is 0 Å². The Morgan fingerprint density at radius 3 is 2.48 bits per heavy atom. The predicted octanol–water partition coefficient (Wildman–Crippen LogP) is 4.86. The highest BCUT2D eigenvalue weighted by Crippen LogP contribution is 2.46. The van der Waals surface area contributed by atoms with E-state index >= 15 is 0 Å². The van der Waals surface area contributed by atoms with Crippen molar-refractivity contribution < 1.29 is 4.79 Å². The zero-order valence-electron chi connectivity index (χ0n) is 18.5. The van der Waals surface area contributed by atoms with E-state index in [2.05, 4.69) is 70.8 Å². The molecular weight excluding hydrogens is 404 g/mol. The van der Waals surface area contributed by atoms with Crippen LogP contribution in [0.5, 0.6) is 0 Å². The molecule has 0 atom stereocenters. The van der Waals surface area contributed by atoms with Crippen molar-refractivity contribution in [3.05, 3.63) is 83.3 Å². The molecule has 2 aromatic carbocycles. The molecule has 0 fully saturated rings. The number of para-hydroxylation sites is 1. The second kappa shape index (κ2) is 8.71. The lowest BCUT2D eigenvalue weighted by Crippen LogP contribution is -2.24. The van der Waals surface area contributed by atoms with Gasteiger partial charge in [0, 0.05) is 42.9 Å². The molecule has 0 spiro atoms. The number of likely N-dealkylation sites (N-methyl/N-ethyl adjacent to an activating group) is 1. The number of nitrogens with zero attached hydrogens (tertiary/aromatic N) is 4. The van der Waals surface area contributed by atoms with Gasteiger partial charge in [0.05, 0.1) is 5.75 Å². The Morgan fingerprint density at radius 1 is 1.06 bits per heavy atom. The fraction of sp³-hybridized carbons (Fsp3) is 0.320. The van der Waals surface area contributed by atoms with Crippen molar-refractivity contribution in [3.8, 4) is 0 Å². The van der Waals surface area contributed by atoms with Gasteiger partial charge in [-0.15, -0.1) is 10.2 Å². The van der Waals surface area contributed by atoms with E-state index in [1.165, 1.54) is 22.9 Å². The van der Waals surface area contributed by atoms with Gasteiger partial charge in [0.2, 0.25) is 0 Å². The molecule has 2 heterocycles. The van der Waals surface area contributed by atoms with E-state index in [4.69, 9.17) is 0 Å². The number of thioether (sulfide) groups is 1. The summed E-state index contributed by atoms with van der Waals surface area (Å²) in [5, 5.41) is 9.53. The van der Waals surface area contributed by atoms with E-state index in [9.17, 15) is 4.79 Å². The fourth-order valence-electron chi connectivity index (χ4n) is 4.24. The Balaban J connectivity index is 1.47. The summed E-state index contributed by atoms with van der Waals surface area (Å²) < 4.78 is 2.10. The third-order valence-electron chi connectivity index (χ3n) is 5.90. The zero-order chi connectivity index (χ0) is 22.0. The number of benzene rings is 2. The molecule has 0 saturated carbocycles. The monoisotopic (exact) mass is 432 g/mol. The van der Waals surface area contributed by atoms with Crippen LogP contribution in [0.3, 0.4) is 0 Å². The van der Waals surface area contributed by atoms with Crippen LogP contribution >= 0.6 is 11.8 Å². The van der Waals surface area contributed by atoms with Crippen LogP contribution in [0.1, 0.15) is 37.7 Å². The summed E-state index contributed by atoms with van der Waals surface area (Å²) >= 11 is 1.46. The van der Waals surface area contributed by atoms with E-state index in [-0.39, 0.29) is 11.2 Å². The quantitative estimate of drug-likeness (QED) is 0.394. The van der Waals surface area contributed by atoms with Crippen LogP contribution in [0, 0.1) is 0 Å². The smallest absolute Gasteiger partial charge is 0.191 e. The maximum Gasteiger partial charge on any atom is 0.191 e. The molecule has 0 unspecified atom stereocenters. The third-order valence-corrected chi connectivity index (χ3v) is 6.89. The average Bonchev–Trinajstić information content (AvgIpc) is 3.25. The first-order chi connectivity index (χ1) is 14.9. The minimum atomic E-state index is -0.196. The van der Waals surface area contributed by atoms with E-state index in [0.29, 0.717) is 5.75 Å². The lowest BCUT2D eigenvalue weighted by molar-refractivity contribution is -0.112. The van der Waals surface area contributed by atoms with Gasteiger partial charge in [-0.1, -0.05) is 74.1 Å². The molecule has 1 aliphatic heterocycles. The Bertz CT molecular complexity index is 1120. The number of fused-ring (bicyclic) bond motifs is 1. The average molecular weight is 433 g/mol. The summed E-state index contributed by atoms with van der Waals surface area (Å²) in [6, 6.07) is 18.6. The standard InChI is InChI=1S/C25H28N4OS/c1-5-29-23(15-18-11-7-6-8-12-18)26-27-24(29)31-17-19(30)16-22-25(2,3)20-13-9-10-14-21(20)28(22)4/h6-14,16H,5,15,17H2,1-4H3/b22-16+. The molecule has 0 saturated heterocycles. The Hall–Kier alpha value is -2.86. The van der Waals surface area contributed by atoms with Crippen LogP contribution < -0.4 is 4.90 Å².